The van der Waals surface area contributed by atoms with Crippen molar-refractivity contribution < 1.29 is 0 Å². The Labute approximate surface area is 109 Å². The highest BCUT2D eigenvalue weighted by Gasteiger charge is 2.32. The summed E-state index contributed by atoms with van der Waals surface area (Å²) in [6, 6.07) is 0. The maximum atomic E-state index is 4.82. The van der Waals surface area contributed by atoms with Crippen LogP contribution in [0.4, 0.5) is 0 Å². The second-order valence-corrected chi connectivity index (χ2v) is 7.16. The molecule has 0 bridgehead atoms. The van der Waals surface area contributed by atoms with Gasteiger partial charge in [-0.3, -0.25) is 0 Å². The van der Waals surface area contributed by atoms with E-state index >= 15 is 0 Å². The standard InChI is InChI=1S/C14H24N2S/c1-5-14(7-6-8-15-14)9-12-16-11(10-17-12)13(2,3)4/h10,15H,5-9H2,1-4H3. The summed E-state index contributed by atoms with van der Waals surface area (Å²) in [5.41, 5.74) is 1.74. The van der Waals surface area contributed by atoms with Crippen LogP contribution in [0.3, 0.4) is 0 Å². The average molecular weight is 252 g/mol. The summed E-state index contributed by atoms with van der Waals surface area (Å²) in [5, 5.41) is 7.21. The fourth-order valence-electron chi connectivity index (χ4n) is 2.47. The number of thiazole rings is 1. The molecule has 2 nitrogen and oxygen atoms in total. The summed E-state index contributed by atoms with van der Waals surface area (Å²) >= 11 is 1.83. The molecule has 1 aliphatic rings. The molecule has 1 atom stereocenters. The van der Waals surface area contributed by atoms with Crippen molar-refractivity contribution >= 4 is 11.3 Å². The van der Waals surface area contributed by atoms with Gasteiger partial charge in [-0.05, 0) is 25.8 Å². The largest absolute Gasteiger partial charge is 0.311 e. The van der Waals surface area contributed by atoms with E-state index in [0.717, 1.165) is 6.42 Å². The van der Waals surface area contributed by atoms with Crippen LogP contribution in [-0.4, -0.2) is 17.1 Å². The number of hydrogen-bond donors (Lipinski definition) is 1. The Morgan fingerprint density at radius 1 is 1.47 bits per heavy atom. The van der Waals surface area contributed by atoms with Gasteiger partial charge in [0, 0.05) is 22.8 Å². The zero-order valence-electron chi connectivity index (χ0n) is 11.5. The smallest absolute Gasteiger partial charge is 0.0946 e. The molecule has 0 spiro atoms. The van der Waals surface area contributed by atoms with Crippen molar-refractivity contribution in [3.05, 3.63) is 16.1 Å². The lowest BCUT2D eigenvalue weighted by Crippen LogP contribution is -2.41. The number of nitrogens with zero attached hydrogens (tertiary/aromatic N) is 1. The summed E-state index contributed by atoms with van der Waals surface area (Å²) < 4.78 is 0. The average Bonchev–Trinajstić information content (AvgIpc) is 2.87. The van der Waals surface area contributed by atoms with Crippen LogP contribution < -0.4 is 5.32 Å². The number of hydrogen-bond acceptors (Lipinski definition) is 3. The highest BCUT2D eigenvalue weighted by Crippen LogP contribution is 2.30. The van der Waals surface area contributed by atoms with E-state index in [9.17, 15) is 0 Å². The summed E-state index contributed by atoms with van der Waals surface area (Å²) in [4.78, 5) is 4.82. The van der Waals surface area contributed by atoms with Crippen LogP contribution in [0.5, 0.6) is 0 Å². The molecule has 96 valence electrons. The molecule has 1 aliphatic heterocycles. The highest BCUT2D eigenvalue weighted by molar-refractivity contribution is 7.09. The maximum absolute atomic E-state index is 4.82. The van der Waals surface area contributed by atoms with Crippen molar-refractivity contribution in [3.63, 3.8) is 0 Å². The SMILES string of the molecule is CCC1(Cc2nc(C(C)(C)C)cs2)CCCN1. The third kappa shape index (κ3) is 2.89. The molecule has 1 aromatic heterocycles. The maximum Gasteiger partial charge on any atom is 0.0946 e. The molecule has 1 fully saturated rings. The van der Waals surface area contributed by atoms with Gasteiger partial charge in [0.25, 0.3) is 0 Å². The van der Waals surface area contributed by atoms with E-state index < -0.39 is 0 Å². The minimum absolute atomic E-state index is 0.178. The molecule has 0 aromatic carbocycles. The fraction of sp³-hybridized carbons (Fsp3) is 0.786. The van der Waals surface area contributed by atoms with E-state index in [2.05, 4.69) is 38.4 Å². The van der Waals surface area contributed by atoms with Gasteiger partial charge in [-0.2, -0.15) is 0 Å². The van der Waals surface area contributed by atoms with Gasteiger partial charge in [-0.15, -0.1) is 11.3 Å². The van der Waals surface area contributed by atoms with E-state index in [0.29, 0.717) is 5.54 Å². The third-order valence-electron chi connectivity index (χ3n) is 3.82. The Kier molecular flexibility index (Phi) is 3.60. The zero-order chi connectivity index (χ0) is 12.5. The first-order valence-corrected chi connectivity index (χ1v) is 7.53. The topological polar surface area (TPSA) is 24.9 Å². The monoisotopic (exact) mass is 252 g/mol. The van der Waals surface area contributed by atoms with E-state index in [1.165, 1.54) is 36.5 Å². The predicted octanol–water partition coefficient (Wildman–Crippen LogP) is 3.52. The molecule has 3 heteroatoms. The van der Waals surface area contributed by atoms with E-state index in [4.69, 9.17) is 4.98 Å². The molecule has 1 unspecified atom stereocenters. The normalized spacial score (nSPS) is 25.4. The van der Waals surface area contributed by atoms with Gasteiger partial charge in [0.2, 0.25) is 0 Å². The zero-order valence-corrected chi connectivity index (χ0v) is 12.3. The van der Waals surface area contributed by atoms with Crippen LogP contribution in [0.2, 0.25) is 0 Å². The van der Waals surface area contributed by atoms with Gasteiger partial charge in [-0.25, -0.2) is 4.98 Å². The van der Waals surface area contributed by atoms with Crippen LogP contribution in [0.1, 0.15) is 57.7 Å². The molecule has 1 aromatic rings. The lowest BCUT2D eigenvalue weighted by Gasteiger charge is -2.27. The Morgan fingerprint density at radius 2 is 2.24 bits per heavy atom. The molecule has 2 heterocycles. The second-order valence-electron chi connectivity index (χ2n) is 6.22. The number of nitrogens with one attached hydrogen (secondary N) is 1. The minimum atomic E-state index is 0.178. The van der Waals surface area contributed by atoms with Gasteiger partial charge >= 0.3 is 0 Å². The molecule has 0 amide bonds. The molecular weight excluding hydrogens is 228 g/mol. The summed E-state index contributed by atoms with van der Waals surface area (Å²) in [6.45, 7) is 10.2. The van der Waals surface area contributed by atoms with E-state index in [1.807, 2.05) is 11.3 Å². The molecule has 1 saturated heterocycles. The summed E-state index contributed by atoms with van der Waals surface area (Å²) in [7, 11) is 0. The number of aromatic nitrogens is 1. The highest BCUT2D eigenvalue weighted by atomic mass is 32.1. The quantitative estimate of drug-likeness (QED) is 0.890. The first-order chi connectivity index (χ1) is 7.95. The van der Waals surface area contributed by atoms with Crippen LogP contribution >= 0.6 is 11.3 Å². The molecule has 17 heavy (non-hydrogen) atoms. The van der Waals surface area contributed by atoms with E-state index in [-0.39, 0.29) is 5.41 Å². The first-order valence-electron chi connectivity index (χ1n) is 6.65. The molecule has 0 aliphatic carbocycles. The summed E-state index contributed by atoms with van der Waals surface area (Å²) in [5.74, 6) is 0. The molecule has 1 N–H and O–H groups in total. The van der Waals surface area contributed by atoms with Gasteiger partial charge < -0.3 is 5.32 Å². The molecule has 0 saturated carbocycles. The van der Waals surface area contributed by atoms with Crippen LogP contribution in [0, 0.1) is 0 Å². The third-order valence-corrected chi connectivity index (χ3v) is 4.67. The Hall–Kier alpha value is -0.410. The lowest BCUT2D eigenvalue weighted by atomic mass is 9.90. The Bertz CT molecular complexity index is 370. The molecule has 0 radical (unpaired) electrons. The Balaban J connectivity index is 2.11. The van der Waals surface area contributed by atoms with Gasteiger partial charge in [-0.1, -0.05) is 27.7 Å². The van der Waals surface area contributed by atoms with Crippen molar-refractivity contribution in [2.45, 2.75) is 64.3 Å². The van der Waals surface area contributed by atoms with Crippen molar-refractivity contribution in [1.29, 1.82) is 0 Å². The lowest BCUT2D eigenvalue weighted by molar-refractivity contribution is 0.359. The summed E-state index contributed by atoms with van der Waals surface area (Å²) in [6.07, 6.45) is 4.92. The van der Waals surface area contributed by atoms with Crippen molar-refractivity contribution in [2.75, 3.05) is 6.54 Å². The van der Waals surface area contributed by atoms with E-state index in [1.54, 1.807) is 0 Å². The van der Waals surface area contributed by atoms with Gasteiger partial charge in [0.15, 0.2) is 0 Å². The first kappa shape index (κ1) is 13.0. The van der Waals surface area contributed by atoms with Gasteiger partial charge in [0.05, 0.1) is 10.7 Å². The van der Waals surface area contributed by atoms with Crippen molar-refractivity contribution in [1.82, 2.24) is 10.3 Å². The molecule has 2 rings (SSSR count). The van der Waals surface area contributed by atoms with Crippen molar-refractivity contribution in [2.24, 2.45) is 0 Å². The molecular formula is C14H24N2S. The number of rotatable bonds is 3. The van der Waals surface area contributed by atoms with Gasteiger partial charge in [0.1, 0.15) is 0 Å². The van der Waals surface area contributed by atoms with Crippen LogP contribution in [-0.2, 0) is 11.8 Å². The van der Waals surface area contributed by atoms with Crippen LogP contribution in [0.25, 0.3) is 0 Å². The fourth-order valence-corrected chi connectivity index (χ4v) is 3.64. The second kappa shape index (κ2) is 4.69. The predicted molar refractivity (Wildman–Crippen MR) is 74.8 cm³/mol. The Morgan fingerprint density at radius 3 is 2.71 bits per heavy atom. The van der Waals surface area contributed by atoms with Crippen molar-refractivity contribution in [3.8, 4) is 0 Å². The van der Waals surface area contributed by atoms with Crippen LogP contribution in [0.15, 0.2) is 5.38 Å². The minimum Gasteiger partial charge on any atom is -0.311 e.